The van der Waals surface area contributed by atoms with Crippen LogP contribution in [-0.4, -0.2) is 38.7 Å². The van der Waals surface area contributed by atoms with Gasteiger partial charge in [0.05, 0.1) is 15.1 Å². The molecule has 0 radical (unpaired) electrons. The van der Waals surface area contributed by atoms with Gasteiger partial charge in [0.25, 0.3) is 0 Å². The van der Waals surface area contributed by atoms with Gasteiger partial charge in [0, 0.05) is 44.2 Å². The van der Waals surface area contributed by atoms with E-state index in [0.717, 1.165) is 11.8 Å². The molecule has 0 bridgehead atoms. The largest absolute Gasteiger partial charge is 0.354 e. The summed E-state index contributed by atoms with van der Waals surface area (Å²) < 4.78 is 73.1. The Bertz CT molecular complexity index is 1260. The Morgan fingerprint density at radius 2 is 1.91 bits per heavy atom. The van der Waals surface area contributed by atoms with E-state index in [4.69, 9.17) is 2.74 Å². The number of carbonyl (C=O) groups is 1. The fourth-order valence-corrected chi connectivity index (χ4v) is 3.79. The van der Waals surface area contributed by atoms with Gasteiger partial charge in [0.15, 0.2) is 29.1 Å². The Kier molecular flexibility index (Phi) is 5.59. The van der Waals surface area contributed by atoms with Gasteiger partial charge in [-0.1, -0.05) is 0 Å². The average molecular weight is 464 g/mol. The molecular formula is C22H22F4N6O. The summed E-state index contributed by atoms with van der Waals surface area (Å²) in [5.41, 5.74) is 0.523. The fourth-order valence-electron chi connectivity index (χ4n) is 3.79. The first-order chi connectivity index (χ1) is 16.5. The minimum absolute atomic E-state index is 0.0714. The van der Waals surface area contributed by atoms with Crippen molar-refractivity contribution in [3.63, 3.8) is 0 Å². The van der Waals surface area contributed by atoms with E-state index in [1.54, 1.807) is 22.8 Å². The van der Waals surface area contributed by atoms with E-state index in [9.17, 15) is 22.4 Å². The molecule has 0 aliphatic carbocycles. The van der Waals surface area contributed by atoms with Crippen LogP contribution in [0, 0.1) is 36.1 Å². The fraction of sp³-hybridized carbons (Fsp3) is 0.364. The Labute approximate surface area is 190 Å². The van der Waals surface area contributed by atoms with Crippen molar-refractivity contribution < 1.29 is 25.1 Å². The predicted molar refractivity (Wildman–Crippen MR) is 112 cm³/mol. The highest BCUT2D eigenvalue weighted by Crippen LogP contribution is 2.27. The first-order valence-corrected chi connectivity index (χ1v) is 10.2. The predicted octanol–water partition coefficient (Wildman–Crippen LogP) is 3.27. The molecule has 174 valence electrons. The molecule has 1 saturated heterocycles. The van der Waals surface area contributed by atoms with Crippen LogP contribution in [0.2, 0.25) is 0 Å². The van der Waals surface area contributed by atoms with Crippen molar-refractivity contribution in [2.75, 3.05) is 18.0 Å². The lowest BCUT2D eigenvalue weighted by molar-refractivity contribution is -0.125. The number of nitrogens with zero attached hydrogens (tertiary/aromatic N) is 5. The number of benzene rings is 1. The number of rotatable bonds is 5. The van der Waals surface area contributed by atoms with Crippen molar-refractivity contribution >= 4 is 11.7 Å². The van der Waals surface area contributed by atoms with Crippen LogP contribution in [-0.2, 0) is 18.3 Å². The quantitative estimate of drug-likeness (QED) is 0.463. The second kappa shape index (κ2) is 9.16. The standard InChI is InChI=1S/C22H22F4N6O/c1-12-9-29-31(2)19(12)20-27-11-17(25)21(30-20)32-5-3-13(4-6-32)22(33)28-10-14-7-15(23)8-16(24)18(14)26/h7-9,11,13H,3-6,10H2,1-2H3,(H,28,33)/i10D2. The van der Waals surface area contributed by atoms with Crippen molar-refractivity contribution in [2.24, 2.45) is 13.0 Å². The van der Waals surface area contributed by atoms with Crippen LogP contribution in [0.25, 0.3) is 11.5 Å². The van der Waals surface area contributed by atoms with E-state index in [0.29, 0.717) is 23.7 Å². The first-order valence-electron chi connectivity index (χ1n) is 11.2. The molecule has 1 N–H and O–H groups in total. The number of nitrogens with one attached hydrogen (secondary N) is 1. The molecule has 33 heavy (non-hydrogen) atoms. The highest BCUT2D eigenvalue weighted by molar-refractivity contribution is 5.79. The number of aromatic nitrogens is 4. The molecule has 0 atom stereocenters. The molecule has 1 aliphatic heterocycles. The summed E-state index contributed by atoms with van der Waals surface area (Å²) in [6, 6.07) is 0.792. The van der Waals surface area contributed by atoms with E-state index < -0.39 is 47.2 Å². The van der Waals surface area contributed by atoms with E-state index in [1.807, 2.05) is 12.2 Å². The number of aryl methyl sites for hydroxylation is 2. The molecule has 1 amide bonds. The normalized spacial score (nSPS) is 15.9. The van der Waals surface area contributed by atoms with Gasteiger partial charge in [-0.3, -0.25) is 9.48 Å². The van der Waals surface area contributed by atoms with Crippen LogP contribution in [0.15, 0.2) is 24.5 Å². The van der Waals surface area contributed by atoms with Gasteiger partial charge in [-0.05, 0) is 31.4 Å². The molecule has 0 spiro atoms. The molecule has 1 aromatic carbocycles. The second-order valence-electron chi connectivity index (χ2n) is 7.79. The highest BCUT2D eigenvalue weighted by atomic mass is 19.2. The van der Waals surface area contributed by atoms with Crippen molar-refractivity contribution in [2.45, 2.75) is 26.3 Å². The van der Waals surface area contributed by atoms with Gasteiger partial charge in [0.1, 0.15) is 11.5 Å². The Morgan fingerprint density at radius 3 is 2.58 bits per heavy atom. The van der Waals surface area contributed by atoms with Crippen LogP contribution in [0.4, 0.5) is 23.4 Å². The van der Waals surface area contributed by atoms with Gasteiger partial charge in [-0.25, -0.2) is 27.5 Å². The number of hydrogen-bond donors (Lipinski definition) is 1. The molecular weight excluding hydrogens is 440 g/mol. The Hall–Kier alpha value is -3.50. The molecule has 2 aromatic heterocycles. The van der Waals surface area contributed by atoms with Crippen molar-refractivity contribution in [1.29, 1.82) is 0 Å². The van der Waals surface area contributed by atoms with Crippen LogP contribution in [0.3, 0.4) is 0 Å². The van der Waals surface area contributed by atoms with Gasteiger partial charge in [-0.2, -0.15) is 5.10 Å². The van der Waals surface area contributed by atoms with Gasteiger partial charge < -0.3 is 10.2 Å². The number of halogens is 4. The monoisotopic (exact) mass is 464 g/mol. The maximum atomic E-state index is 14.6. The summed E-state index contributed by atoms with van der Waals surface area (Å²) in [5.74, 6) is -5.98. The van der Waals surface area contributed by atoms with E-state index in [-0.39, 0.29) is 31.7 Å². The second-order valence-corrected chi connectivity index (χ2v) is 7.79. The number of amides is 1. The number of piperidine rings is 1. The molecule has 1 aliphatic rings. The van der Waals surface area contributed by atoms with Crippen molar-refractivity contribution in [3.05, 3.63) is 58.9 Å². The number of carbonyl (C=O) groups excluding carboxylic acids is 1. The minimum Gasteiger partial charge on any atom is -0.354 e. The maximum absolute atomic E-state index is 14.6. The summed E-state index contributed by atoms with van der Waals surface area (Å²) in [6.07, 6.45) is 3.18. The maximum Gasteiger partial charge on any atom is 0.223 e. The third-order valence-corrected chi connectivity index (χ3v) is 5.54. The molecule has 3 heterocycles. The molecule has 0 unspecified atom stereocenters. The summed E-state index contributed by atoms with van der Waals surface area (Å²) >= 11 is 0. The van der Waals surface area contributed by atoms with Crippen LogP contribution < -0.4 is 10.2 Å². The lowest BCUT2D eigenvalue weighted by Crippen LogP contribution is -2.41. The lowest BCUT2D eigenvalue weighted by atomic mass is 9.95. The van der Waals surface area contributed by atoms with Crippen LogP contribution in [0.5, 0.6) is 0 Å². The third-order valence-electron chi connectivity index (χ3n) is 5.54. The Balaban J connectivity index is 1.46. The smallest absolute Gasteiger partial charge is 0.223 e. The Morgan fingerprint density at radius 1 is 1.18 bits per heavy atom. The highest BCUT2D eigenvalue weighted by Gasteiger charge is 2.28. The topological polar surface area (TPSA) is 75.9 Å². The van der Waals surface area contributed by atoms with E-state index in [2.05, 4.69) is 15.1 Å². The molecule has 7 nitrogen and oxygen atoms in total. The first kappa shape index (κ1) is 20.1. The van der Waals surface area contributed by atoms with Gasteiger partial charge in [-0.15, -0.1) is 0 Å². The van der Waals surface area contributed by atoms with Gasteiger partial charge in [0.2, 0.25) is 5.91 Å². The molecule has 3 aromatic rings. The summed E-state index contributed by atoms with van der Waals surface area (Å²) in [7, 11) is 1.72. The van der Waals surface area contributed by atoms with Crippen LogP contribution in [0.1, 0.15) is 26.7 Å². The van der Waals surface area contributed by atoms with Gasteiger partial charge >= 0.3 is 0 Å². The summed E-state index contributed by atoms with van der Waals surface area (Å²) in [6.45, 7) is -0.527. The molecule has 4 rings (SSSR count). The zero-order chi connectivity index (χ0) is 25.5. The molecule has 1 fully saturated rings. The average Bonchev–Trinajstić information content (AvgIpc) is 3.14. The van der Waals surface area contributed by atoms with E-state index in [1.165, 1.54) is 0 Å². The summed E-state index contributed by atoms with van der Waals surface area (Å²) in [4.78, 5) is 22.8. The third kappa shape index (κ3) is 4.67. The minimum atomic E-state index is -2.84. The zero-order valence-electron chi connectivity index (χ0n) is 19.9. The van der Waals surface area contributed by atoms with Crippen LogP contribution >= 0.6 is 0 Å². The molecule has 0 saturated carbocycles. The van der Waals surface area contributed by atoms with Crippen molar-refractivity contribution in [3.8, 4) is 11.5 Å². The molecule has 11 heteroatoms. The number of anilines is 1. The SMILES string of the molecule is [2H]C([2H])(NC(=O)C1CCN(c2nc(-c3c(C)cnn3C)ncc2F)CC1)c1cc(F)cc(F)c1F. The lowest BCUT2D eigenvalue weighted by Gasteiger charge is -2.32. The summed E-state index contributed by atoms with van der Waals surface area (Å²) in [5, 5.41) is 6.18. The number of hydrogen-bond acceptors (Lipinski definition) is 5. The van der Waals surface area contributed by atoms with Crippen molar-refractivity contribution in [1.82, 2.24) is 25.1 Å². The van der Waals surface area contributed by atoms with E-state index >= 15 is 0 Å². The zero-order valence-corrected chi connectivity index (χ0v) is 17.9.